The first-order valence-electron chi connectivity index (χ1n) is 4.83. The van der Waals surface area contributed by atoms with E-state index in [9.17, 15) is 20.2 Å². The summed E-state index contributed by atoms with van der Waals surface area (Å²) in [4.78, 5) is 20.0. The van der Waals surface area contributed by atoms with Crippen molar-refractivity contribution in [3.05, 3.63) is 44.0 Å². The summed E-state index contributed by atoms with van der Waals surface area (Å²) in [6, 6.07) is 3.74. The first-order valence-corrected chi connectivity index (χ1v) is 4.83. The molecule has 0 spiro atoms. The topological polar surface area (TPSA) is 86.3 Å². The third kappa shape index (κ3) is 3.01. The van der Waals surface area contributed by atoms with Gasteiger partial charge in [0.15, 0.2) is 0 Å². The second-order valence-corrected chi connectivity index (χ2v) is 3.97. The van der Waals surface area contributed by atoms with E-state index >= 15 is 0 Å². The highest BCUT2D eigenvalue weighted by Crippen LogP contribution is 2.24. The zero-order valence-corrected chi connectivity index (χ0v) is 9.04. The molecule has 0 saturated heterocycles. The predicted octanol–water partition coefficient (Wildman–Crippen LogP) is 2.70. The summed E-state index contributed by atoms with van der Waals surface area (Å²) in [5.74, 6) is 0.293. The van der Waals surface area contributed by atoms with E-state index in [1.807, 2.05) is 13.8 Å². The van der Waals surface area contributed by atoms with Crippen molar-refractivity contribution < 1.29 is 9.85 Å². The molecule has 0 aliphatic rings. The zero-order valence-electron chi connectivity index (χ0n) is 9.04. The number of non-ortho nitro benzene ring substituents is 2. The Labute approximate surface area is 92.2 Å². The maximum absolute atomic E-state index is 10.6. The monoisotopic (exact) mass is 224 g/mol. The molecule has 0 atom stereocenters. The van der Waals surface area contributed by atoms with E-state index < -0.39 is 9.85 Å². The summed E-state index contributed by atoms with van der Waals surface area (Å²) < 4.78 is 0. The maximum Gasteiger partial charge on any atom is 0.276 e. The smallest absolute Gasteiger partial charge is 0.258 e. The molecule has 86 valence electrons. The molecule has 0 aliphatic heterocycles. The summed E-state index contributed by atoms with van der Waals surface area (Å²) in [5, 5.41) is 21.2. The van der Waals surface area contributed by atoms with Crippen molar-refractivity contribution in [2.24, 2.45) is 5.92 Å². The molecule has 0 aliphatic carbocycles. The van der Waals surface area contributed by atoms with Crippen LogP contribution < -0.4 is 0 Å². The Morgan fingerprint density at radius 3 is 1.81 bits per heavy atom. The third-order valence-electron chi connectivity index (χ3n) is 2.03. The van der Waals surface area contributed by atoms with E-state index in [0.29, 0.717) is 17.9 Å². The lowest BCUT2D eigenvalue weighted by Gasteiger charge is -2.04. The van der Waals surface area contributed by atoms with Crippen LogP contribution in [0.25, 0.3) is 0 Å². The lowest BCUT2D eigenvalue weighted by Crippen LogP contribution is -1.98. The van der Waals surface area contributed by atoms with Gasteiger partial charge in [0.25, 0.3) is 11.4 Å². The minimum Gasteiger partial charge on any atom is -0.258 e. The highest BCUT2D eigenvalue weighted by atomic mass is 16.6. The molecule has 0 aromatic heterocycles. The van der Waals surface area contributed by atoms with Gasteiger partial charge < -0.3 is 0 Å². The predicted molar refractivity (Wildman–Crippen MR) is 58.3 cm³/mol. The Morgan fingerprint density at radius 2 is 1.50 bits per heavy atom. The minimum atomic E-state index is -0.614. The Kier molecular flexibility index (Phi) is 3.55. The molecule has 0 amide bonds. The molecule has 0 radical (unpaired) electrons. The van der Waals surface area contributed by atoms with Crippen molar-refractivity contribution in [2.75, 3.05) is 0 Å². The molecule has 1 rings (SSSR count). The Morgan fingerprint density at radius 1 is 1.06 bits per heavy atom. The van der Waals surface area contributed by atoms with Crippen LogP contribution in [0.2, 0.25) is 0 Å². The summed E-state index contributed by atoms with van der Waals surface area (Å²) in [5.41, 5.74) is 0.158. The summed E-state index contributed by atoms with van der Waals surface area (Å²) in [6.45, 7) is 3.90. The summed E-state index contributed by atoms with van der Waals surface area (Å²) >= 11 is 0. The van der Waals surface area contributed by atoms with E-state index in [-0.39, 0.29) is 11.4 Å². The van der Waals surface area contributed by atoms with E-state index in [1.54, 1.807) is 0 Å². The Bertz CT molecular complexity index is 397. The third-order valence-corrected chi connectivity index (χ3v) is 2.03. The van der Waals surface area contributed by atoms with E-state index in [2.05, 4.69) is 0 Å². The van der Waals surface area contributed by atoms with Crippen molar-refractivity contribution >= 4 is 11.4 Å². The second kappa shape index (κ2) is 4.69. The van der Waals surface area contributed by atoms with E-state index in [0.717, 1.165) is 6.07 Å². The fourth-order valence-electron chi connectivity index (χ4n) is 1.46. The van der Waals surface area contributed by atoms with E-state index in [4.69, 9.17) is 0 Å². The molecule has 6 heteroatoms. The summed E-state index contributed by atoms with van der Waals surface area (Å²) in [7, 11) is 0. The van der Waals surface area contributed by atoms with Crippen LogP contribution in [0.3, 0.4) is 0 Å². The highest BCUT2D eigenvalue weighted by Gasteiger charge is 2.16. The molecule has 0 bridgehead atoms. The van der Waals surface area contributed by atoms with Crippen molar-refractivity contribution in [3.63, 3.8) is 0 Å². The van der Waals surface area contributed by atoms with Crippen LogP contribution in [0.5, 0.6) is 0 Å². The van der Waals surface area contributed by atoms with Crippen LogP contribution in [0, 0.1) is 26.1 Å². The standard InChI is InChI=1S/C10H12N2O4/c1-7(2)3-8-4-9(11(13)14)6-10(5-8)12(15)16/h4-7H,3H2,1-2H3. The Hall–Kier alpha value is -1.98. The molecule has 1 aromatic carbocycles. The minimum absolute atomic E-state index is 0.232. The molecule has 0 saturated carbocycles. The number of nitrogens with zero attached hydrogens (tertiary/aromatic N) is 2. The van der Waals surface area contributed by atoms with Crippen molar-refractivity contribution in [1.29, 1.82) is 0 Å². The second-order valence-electron chi connectivity index (χ2n) is 3.97. The van der Waals surface area contributed by atoms with Gasteiger partial charge in [-0.15, -0.1) is 0 Å². The van der Waals surface area contributed by atoms with Gasteiger partial charge in [0.1, 0.15) is 0 Å². The van der Waals surface area contributed by atoms with Gasteiger partial charge in [0.05, 0.1) is 15.9 Å². The van der Waals surface area contributed by atoms with Crippen LogP contribution in [-0.4, -0.2) is 9.85 Å². The fraction of sp³-hybridized carbons (Fsp3) is 0.400. The van der Waals surface area contributed by atoms with Gasteiger partial charge in [-0.3, -0.25) is 20.2 Å². The number of nitro benzene ring substituents is 2. The quantitative estimate of drug-likeness (QED) is 0.581. The van der Waals surface area contributed by atoms with Gasteiger partial charge in [0.2, 0.25) is 0 Å². The van der Waals surface area contributed by atoms with Crippen molar-refractivity contribution in [2.45, 2.75) is 20.3 Å². The van der Waals surface area contributed by atoms with Gasteiger partial charge in [-0.05, 0) is 17.9 Å². The molecule has 0 fully saturated rings. The number of benzene rings is 1. The molecular weight excluding hydrogens is 212 g/mol. The molecule has 0 unspecified atom stereocenters. The lowest BCUT2D eigenvalue weighted by atomic mass is 10.0. The van der Waals surface area contributed by atoms with Gasteiger partial charge >= 0.3 is 0 Å². The van der Waals surface area contributed by atoms with Crippen molar-refractivity contribution in [3.8, 4) is 0 Å². The van der Waals surface area contributed by atoms with Gasteiger partial charge in [-0.25, -0.2) is 0 Å². The first-order chi connectivity index (χ1) is 7.40. The summed E-state index contributed by atoms with van der Waals surface area (Å²) in [6.07, 6.45) is 0.586. The van der Waals surface area contributed by atoms with Crippen molar-refractivity contribution in [1.82, 2.24) is 0 Å². The van der Waals surface area contributed by atoms with Crippen LogP contribution >= 0.6 is 0 Å². The lowest BCUT2D eigenvalue weighted by molar-refractivity contribution is -0.394. The number of rotatable bonds is 4. The fourth-order valence-corrected chi connectivity index (χ4v) is 1.46. The number of nitro groups is 2. The molecule has 16 heavy (non-hydrogen) atoms. The largest absolute Gasteiger partial charge is 0.276 e. The van der Waals surface area contributed by atoms with E-state index in [1.165, 1.54) is 12.1 Å². The van der Waals surface area contributed by atoms with Gasteiger partial charge in [-0.1, -0.05) is 13.8 Å². The van der Waals surface area contributed by atoms with Gasteiger partial charge in [-0.2, -0.15) is 0 Å². The Balaban J connectivity index is 3.18. The van der Waals surface area contributed by atoms with Crippen LogP contribution in [0.15, 0.2) is 18.2 Å². The van der Waals surface area contributed by atoms with Crippen LogP contribution in [-0.2, 0) is 6.42 Å². The normalized spacial score (nSPS) is 10.4. The number of hydrogen-bond acceptors (Lipinski definition) is 4. The molecule has 0 heterocycles. The molecule has 6 nitrogen and oxygen atoms in total. The average molecular weight is 224 g/mol. The molecule has 0 N–H and O–H groups in total. The van der Waals surface area contributed by atoms with Crippen LogP contribution in [0.4, 0.5) is 11.4 Å². The molecular formula is C10H12N2O4. The highest BCUT2D eigenvalue weighted by molar-refractivity contribution is 5.46. The molecule has 1 aromatic rings. The zero-order chi connectivity index (χ0) is 12.3. The van der Waals surface area contributed by atoms with Gasteiger partial charge in [0, 0.05) is 12.1 Å². The number of hydrogen-bond donors (Lipinski definition) is 0. The average Bonchev–Trinajstić information content (AvgIpc) is 2.15. The SMILES string of the molecule is CC(C)Cc1cc([N+](=O)[O-])cc([N+](=O)[O-])c1. The first kappa shape index (κ1) is 12.1. The maximum atomic E-state index is 10.6. The van der Waals surface area contributed by atoms with Crippen LogP contribution in [0.1, 0.15) is 19.4 Å².